The van der Waals surface area contributed by atoms with Crippen molar-refractivity contribution in [3.8, 4) is 0 Å². The number of rotatable bonds is 4. The molecule has 2 aromatic rings. The summed E-state index contributed by atoms with van der Waals surface area (Å²) in [6, 6.07) is 11.5. The van der Waals surface area contributed by atoms with Crippen molar-refractivity contribution in [1.29, 1.82) is 0 Å². The molecule has 1 amide bonds. The summed E-state index contributed by atoms with van der Waals surface area (Å²) in [4.78, 5) is 16.0. The normalized spacial score (nSPS) is 10.2. The number of aryl methyl sites for hydroxylation is 1. The van der Waals surface area contributed by atoms with Crippen LogP contribution >= 0.6 is 0 Å². The van der Waals surface area contributed by atoms with Crippen LogP contribution in [0.1, 0.15) is 27.2 Å². The first-order valence-electron chi connectivity index (χ1n) is 6.18. The van der Waals surface area contributed by atoms with E-state index in [4.69, 9.17) is 5.73 Å². The number of carbonyl (C=O) groups excluding carboxylic acids is 1. The van der Waals surface area contributed by atoms with Crippen LogP contribution < -0.4 is 11.1 Å². The Labute approximate surface area is 112 Å². The van der Waals surface area contributed by atoms with Gasteiger partial charge in [-0.25, -0.2) is 0 Å². The lowest BCUT2D eigenvalue weighted by molar-refractivity contribution is 0.0946. The van der Waals surface area contributed by atoms with E-state index in [0.717, 1.165) is 11.1 Å². The van der Waals surface area contributed by atoms with Crippen LogP contribution in [0.5, 0.6) is 0 Å². The lowest BCUT2D eigenvalue weighted by Crippen LogP contribution is -2.24. The Morgan fingerprint density at radius 3 is 2.84 bits per heavy atom. The SMILES string of the molecule is Cc1cccc(CNC(=O)c2cc(CN)ccn2)c1. The van der Waals surface area contributed by atoms with Gasteiger partial charge in [-0.1, -0.05) is 29.8 Å². The average molecular weight is 255 g/mol. The third-order valence-electron chi connectivity index (χ3n) is 2.83. The van der Waals surface area contributed by atoms with E-state index in [0.29, 0.717) is 18.8 Å². The van der Waals surface area contributed by atoms with Gasteiger partial charge in [0.2, 0.25) is 0 Å². The molecule has 0 saturated heterocycles. The summed E-state index contributed by atoms with van der Waals surface area (Å²) < 4.78 is 0. The van der Waals surface area contributed by atoms with Gasteiger partial charge in [-0.05, 0) is 30.2 Å². The highest BCUT2D eigenvalue weighted by atomic mass is 16.1. The number of aromatic nitrogens is 1. The van der Waals surface area contributed by atoms with Crippen LogP contribution in [0.4, 0.5) is 0 Å². The van der Waals surface area contributed by atoms with Crippen molar-refractivity contribution in [3.05, 3.63) is 65.0 Å². The maximum absolute atomic E-state index is 12.0. The zero-order chi connectivity index (χ0) is 13.7. The fourth-order valence-corrected chi connectivity index (χ4v) is 1.82. The van der Waals surface area contributed by atoms with Gasteiger partial charge in [0, 0.05) is 19.3 Å². The fourth-order valence-electron chi connectivity index (χ4n) is 1.82. The molecule has 0 fully saturated rings. The Morgan fingerprint density at radius 2 is 2.11 bits per heavy atom. The molecule has 0 atom stereocenters. The van der Waals surface area contributed by atoms with Crippen molar-refractivity contribution >= 4 is 5.91 Å². The summed E-state index contributed by atoms with van der Waals surface area (Å²) in [5.74, 6) is -0.184. The monoisotopic (exact) mass is 255 g/mol. The third kappa shape index (κ3) is 3.63. The molecule has 0 unspecified atom stereocenters. The highest BCUT2D eigenvalue weighted by molar-refractivity contribution is 5.92. The van der Waals surface area contributed by atoms with Gasteiger partial charge in [0.25, 0.3) is 5.91 Å². The number of amides is 1. The van der Waals surface area contributed by atoms with Gasteiger partial charge < -0.3 is 11.1 Å². The predicted octanol–water partition coefficient (Wildman–Crippen LogP) is 1.78. The van der Waals surface area contributed by atoms with Crippen LogP contribution in [0, 0.1) is 6.92 Å². The maximum Gasteiger partial charge on any atom is 0.270 e. The van der Waals surface area contributed by atoms with Gasteiger partial charge in [0.05, 0.1) is 0 Å². The minimum Gasteiger partial charge on any atom is -0.347 e. The zero-order valence-corrected chi connectivity index (χ0v) is 10.9. The van der Waals surface area contributed by atoms with Crippen molar-refractivity contribution in [3.63, 3.8) is 0 Å². The Bertz CT molecular complexity index is 581. The van der Waals surface area contributed by atoms with Crippen molar-refractivity contribution in [2.75, 3.05) is 0 Å². The summed E-state index contributed by atoms with van der Waals surface area (Å²) >= 11 is 0. The van der Waals surface area contributed by atoms with Crippen LogP contribution in [0.25, 0.3) is 0 Å². The molecule has 19 heavy (non-hydrogen) atoms. The number of pyridine rings is 1. The number of nitrogens with two attached hydrogens (primary N) is 1. The second-order valence-electron chi connectivity index (χ2n) is 4.43. The summed E-state index contributed by atoms with van der Waals surface area (Å²) in [7, 11) is 0. The Morgan fingerprint density at radius 1 is 1.26 bits per heavy atom. The number of hydrogen-bond donors (Lipinski definition) is 2. The number of hydrogen-bond acceptors (Lipinski definition) is 3. The van der Waals surface area contributed by atoms with Crippen LogP contribution in [0.2, 0.25) is 0 Å². The van der Waals surface area contributed by atoms with Crippen LogP contribution in [-0.2, 0) is 13.1 Å². The molecule has 0 saturated carbocycles. The topological polar surface area (TPSA) is 68.0 Å². The molecule has 0 aliphatic rings. The van der Waals surface area contributed by atoms with Crippen molar-refractivity contribution in [1.82, 2.24) is 10.3 Å². The number of benzene rings is 1. The van der Waals surface area contributed by atoms with Gasteiger partial charge in [-0.2, -0.15) is 0 Å². The van der Waals surface area contributed by atoms with Gasteiger partial charge >= 0.3 is 0 Å². The van der Waals surface area contributed by atoms with Crippen LogP contribution in [0.3, 0.4) is 0 Å². The lowest BCUT2D eigenvalue weighted by atomic mass is 10.1. The molecule has 1 aromatic heterocycles. The van der Waals surface area contributed by atoms with Gasteiger partial charge in [0.1, 0.15) is 5.69 Å². The van der Waals surface area contributed by atoms with Crippen molar-refractivity contribution < 1.29 is 4.79 Å². The molecule has 4 nitrogen and oxygen atoms in total. The summed E-state index contributed by atoms with van der Waals surface area (Å²) in [6.07, 6.45) is 1.60. The highest BCUT2D eigenvalue weighted by Crippen LogP contribution is 2.05. The smallest absolute Gasteiger partial charge is 0.270 e. The molecule has 3 N–H and O–H groups in total. The van der Waals surface area contributed by atoms with Gasteiger partial charge in [-0.15, -0.1) is 0 Å². The van der Waals surface area contributed by atoms with E-state index in [1.54, 1.807) is 18.3 Å². The van der Waals surface area contributed by atoms with Crippen molar-refractivity contribution in [2.45, 2.75) is 20.0 Å². The van der Waals surface area contributed by atoms with E-state index in [9.17, 15) is 4.79 Å². The minimum absolute atomic E-state index is 0.184. The second kappa shape index (κ2) is 6.11. The maximum atomic E-state index is 12.0. The predicted molar refractivity (Wildman–Crippen MR) is 74.5 cm³/mol. The first-order chi connectivity index (χ1) is 9.19. The molecular formula is C15H17N3O. The summed E-state index contributed by atoms with van der Waals surface area (Å²) in [5, 5.41) is 2.85. The van der Waals surface area contributed by atoms with E-state index in [1.807, 2.05) is 31.2 Å². The quantitative estimate of drug-likeness (QED) is 0.875. The fraction of sp³-hybridized carbons (Fsp3) is 0.200. The summed E-state index contributed by atoms with van der Waals surface area (Å²) in [6.45, 7) is 2.92. The average Bonchev–Trinajstić information content (AvgIpc) is 2.45. The molecule has 2 rings (SSSR count). The van der Waals surface area contributed by atoms with E-state index >= 15 is 0 Å². The number of nitrogens with zero attached hydrogens (tertiary/aromatic N) is 1. The second-order valence-corrected chi connectivity index (χ2v) is 4.43. The minimum atomic E-state index is -0.184. The van der Waals surface area contributed by atoms with E-state index in [-0.39, 0.29) is 5.91 Å². The van der Waals surface area contributed by atoms with Gasteiger partial charge in [-0.3, -0.25) is 9.78 Å². The largest absolute Gasteiger partial charge is 0.347 e. The molecule has 0 bridgehead atoms. The third-order valence-corrected chi connectivity index (χ3v) is 2.83. The van der Waals surface area contributed by atoms with Crippen molar-refractivity contribution in [2.24, 2.45) is 5.73 Å². The van der Waals surface area contributed by atoms with Crippen LogP contribution in [-0.4, -0.2) is 10.9 Å². The molecule has 0 spiro atoms. The zero-order valence-electron chi connectivity index (χ0n) is 10.9. The Kier molecular flexibility index (Phi) is 4.26. The standard InChI is InChI=1S/C15H17N3O/c1-11-3-2-4-13(7-11)10-18-15(19)14-8-12(9-16)5-6-17-14/h2-8H,9-10,16H2,1H3,(H,18,19). The van der Waals surface area contributed by atoms with E-state index < -0.39 is 0 Å². The first-order valence-corrected chi connectivity index (χ1v) is 6.18. The molecular weight excluding hydrogens is 238 g/mol. The highest BCUT2D eigenvalue weighted by Gasteiger charge is 2.07. The molecule has 98 valence electrons. The van der Waals surface area contributed by atoms with E-state index in [1.165, 1.54) is 5.56 Å². The molecule has 1 heterocycles. The Hall–Kier alpha value is -2.20. The molecule has 0 radical (unpaired) electrons. The van der Waals surface area contributed by atoms with Crippen LogP contribution in [0.15, 0.2) is 42.6 Å². The lowest BCUT2D eigenvalue weighted by Gasteiger charge is -2.06. The summed E-state index contributed by atoms with van der Waals surface area (Å²) in [5.41, 5.74) is 9.09. The first kappa shape index (κ1) is 13.2. The van der Waals surface area contributed by atoms with E-state index in [2.05, 4.69) is 10.3 Å². The molecule has 1 aromatic carbocycles. The molecule has 0 aliphatic carbocycles. The molecule has 0 aliphatic heterocycles. The Balaban J connectivity index is 2.01. The number of nitrogens with one attached hydrogen (secondary N) is 1. The number of carbonyl (C=O) groups is 1. The van der Waals surface area contributed by atoms with Gasteiger partial charge in [0.15, 0.2) is 0 Å². The molecule has 4 heteroatoms.